The first-order chi connectivity index (χ1) is 9.49. The van der Waals surface area contributed by atoms with Crippen molar-refractivity contribution in [3.63, 3.8) is 0 Å². The van der Waals surface area contributed by atoms with Gasteiger partial charge in [0.1, 0.15) is 0 Å². The van der Waals surface area contributed by atoms with Crippen molar-refractivity contribution in [3.05, 3.63) is 35.4 Å². The molecule has 1 saturated heterocycles. The molecule has 2 rings (SSSR count). The fourth-order valence-corrected chi connectivity index (χ4v) is 2.33. The van der Waals surface area contributed by atoms with Crippen LogP contribution in [0.3, 0.4) is 0 Å². The second-order valence-corrected chi connectivity index (χ2v) is 4.98. The molecule has 0 radical (unpaired) electrons. The Labute approximate surface area is 116 Å². The van der Waals surface area contributed by atoms with Gasteiger partial charge in [-0.25, -0.2) is 0 Å². The first-order valence-electron chi connectivity index (χ1n) is 6.63. The van der Waals surface area contributed by atoms with Gasteiger partial charge >= 0.3 is 6.18 Å². The highest BCUT2D eigenvalue weighted by molar-refractivity contribution is 5.24. The topological polar surface area (TPSA) is 24.5 Å². The van der Waals surface area contributed by atoms with Crippen LogP contribution in [-0.2, 0) is 17.5 Å². The molecule has 3 nitrogen and oxygen atoms in total. The van der Waals surface area contributed by atoms with E-state index in [0.717, 1.165) is 37.3 Å². The summed E-state index contributed by atoms with van der Waals surface area (Å²) in [5.41, 5.74) is 0.291. The second kappa shape index (κ2) is 6.56. The first-order valence-corrected chi connectivity index (χ1v) is 6.63. The zero-order valence-corrected chi connectivity index (χ0v) is 11.4. The van der Waals surface area contributed by atoms with Gasteiger partial charge in [-0.15, -0.1) is 0 Å². The Morgan fingerprint density at radius 3 is 2.60 bits per heavy atom. The van der Waals surface area contributed by atoms with Crippen LogP contribution in [0.2, 0.25) is 0 Å². The van der Waals surface area contributed by atoms with Gasteiger partial charge in [-0.2, -0.15) is 13.2 Å². The van der Waals surface area contributed by atoms with E-state index in [0.29, 0.717) is 13.2 Å². The van der Waals surface area contributed by atoms with Gasteiger partial charge in [0.2, 0.25) is 0 Å². The van der Waals surface area contributed by atoms with Gasteiger partial charge in [-0.05, 0) is 24.7 Å². The SMILES string of the molecule is CNCC1CN(Cc2ccc(C(F)(F)F)cc2)CCO1. The van der Waals surface area contributed by atoms with Crippen molar-refractivity contribution < 1.29 is 17.9 Å². The lowest BCUT2D eigenvalue weighted by molar-refractivity contribution is -0.137. The lowest BCUT2D eigenvalue weighted by atomic mass is 10.1. The van der Waals surface area contributed by atoms with E-state index in [2.05, 4.69) is 10.2 Å². The van der Waals surface area contributed by atoms with Crippen LogP contribution in [0.5, 0.6) is 0 Å². The lowest BCUT2D eigenvalue weighted by Gasteiger charge is -2.32. The molecule has 1 N–H and O–H groups in total. The van der Waals surface area contributed by atoms with E-state index < -0.39 is 11.7 Å². The maximum atomic E-state index is 12.5. The van der Waals surface area contributed by atoms with Crippen molar-refractivity contribution in [1.82, 2.24) is 10.2 Å². The fraction of sp³-hybridized carbons (Fsp3) is 0.571. The molecule has 0 bridgehead atoms. The number of benzene rings is 1. The number of ether oxygens (including phenoxy) is 1. The molecule has 6 heteroatoms. The summed E-state index contributed by atoms with van der Waals surface area (Å²) in [6.45, 7) is 3.70. The van der Waals surface area contributed by atoms with Crippen LogP contribution in [0, 0.1) is 0 Å². The van der Waals surface area contributed by atoms with Crippen LogP contribution in [0.15, 0.2) is 24.3 Å². The minimum Gasteiger partial charge on any atom is -0.374 e. The van der Waals surface area contributed by atoms with Crippen molar-refractivity contribution in [3.8, 4) is 0 Å². The maximum absolute atomic E-state index is 12.5. The molecule has 1 fully saturated rings. The molecule has 1 heterocycles. The molecule has 0 saturated carbocycles. The van der Waals surface area contributed by atoms with Gasteiger partial charge in [0.15, 0.2) is 0 Å². The Kier molecular flexibility index (Phi) is 5.01. The third kappa shape index (κ3) is 4.19. The van der Waals surface area contributed by atoms with Crippen LogP contribution >= 0.6 is 0 Å². The summed E-state index contributed by atoms with van der Waals surface area (Å²) in [6, 6.07) is 5.37. The van der Waals surface area contributed by atoms with E-state index >= 15 is 0 Å². The zero-order chi connectivity index (χ0) is 14.6. The minimum absolute atomic E-state index is 0.142. The Bertz CT molecular complexity index is 417. The van der Waals surface area contributed by atoms with Crippen molar-refractivity contribution in [2.75, 3.05) is 33.3 Å². The molecule has 112 valence electrons. The molecule has 1 unspecified atom stereocenters. The van der Waals surface area contributed by atoms with Crippen molar-refractivity contribution in [1.29, 1.82) is 0 Å². The van der Waals surface area contributed by atoms with Gasteiger partial charge in [0.25, 0.3) is 0 Å². The van der Waals surface area contributed by atoms with E-state index in [1.54, 1.807) is 12.1 Å². The predicted octanol–water partition coefficient (Wildman–Crippen LogP) is 2.13. The molecule has 1 aromatic rings. The van der Waals surface area contributed by atoms with Gasteiger partial charge in [-0.1, -0.05) is 12.1 Å². The summed E-state index contributed by atoms with van der Waals surface area (Å²) >= 11 is 0. The van der Waals surface area contributed by atoms with E-state index in [9.17, 15) is 13.2 Å². The number of hydrogen-bond acceptors (Lipinski definition) is 3. The van der Waals surface area contributed by atoms with Gasteiger partial charge < -0.3 is 10.1 Å². The number of morpholine rings is 1. The van der Waals surface area contributed by atoms with E-state index in [4.69, 9.17) is 4.74 Å². The summed E-state index contributed by atoms with van der Waals surface area (Å²) in [4.78, 5) is 2.20. The Morgan fingerprint density at radius 2 is 2.00 bits per heavy atom. The van der Waals surface area contributed by atoms with Crippen LogP contribution in [0.1, 0.15) is 11.1 Å². The molecule has 0 spiro atoms. The number of nitrogens with zero attached hydrogens (tertiary/aromatic N) is 1. The summed E-state index contributed by atoms with van der Waals surface area (Å²) in [5, 5.41) is 3.07. The Morgan fingerprint density at radius 1 is 1.30 bits per heavy atom. The third-order valence-electron chi connectivity index (χ3n) is 3.34. The molecule has 0 aliphatic carbocycles. The summed E-state index contributed by atoms with van der Waals surface area (Å²) in [7, 11) is 1.87. The monoisotopic (exact) mass is 288 g/mol. The predicted molar refractivity (Wildman–Crippen MR) is 70.4 cm³/mol. The molecular weight excluding hydrogens is 269 g/mol. The maximum Gasteiger partial charge on any atom is 0.416 e. The number of nitrogens with one attached hydrogen (secondary N) is 1. The van der Waals surface area contributed by atoms with Gasteiger partial charge in [-0.3, -0.25) is 4.90 Å². The van der Waals surface area contributed by atoms with Crippen molar-refractivity contribution >= 4 is 0 Å². The lowest BCUT2D eigenvalue weighted by Crippen LogP contribution is -2.45. The van der Waals surface area contributed by atoms with Crippen molar-refractivity contribution in [2.45, 2.75) is 18.8 Å². The summed E-state index contributed by atoms with van der Waals surface area (Å²) < 4.78 is 43.0. The quantitative estimate of drug-likeness (QED) is 0.918. The van der Waals surface area contributed by atoms with Gasteiger partial charge in [0.05, 0.1) is 18.3 Å². The second-order valence-electron chi connectivity index (χ2n) is 4.98. The molecule has 0 aromatic heterocycles. The average molecular weight is 288 g/mol. The highest BCUT2D eigenvalue weighted by Gasteiger charge is 2.30. The molecule has 1 aliphatic rings. The summed E-state index contributed by atoms with van der Waals surface area (Å²) in [6.07, 6.45) is -4.13. The molecule has 0 amide bonds. The molecule has 1 aliphatic heterocycles. The van der Waals surface area contributed by atoms with Crippen molar-refractivity contribution in [2.24, 2.45) is 0 Å². The number of rotatable bonds is 4. The third-order valence-corrected chi connectivity index (χ3v) is 3.34. The van der Waals surface area contributed by atoms with E-state index in [1.165, 1.54) is 0 Å². The number of likely N-dealkylation sites (N-methyl/N-ethyl adjacent to an activating group) is 1. The highest BCUT2D eigenvalue weighted by atomic mass is 19.4. The van der Waals surface area contributed by atoms with Crippen LogP contribution < -0.4 is 5.32 Å². The largest absolute Gasteiger partial charge is 0.416 e. The Hall–Kier alpha value is -1.11. The molecule has 20 heavy (non-hydrogen) atoms. The number of alkyl halides is 3. The Balaban J connectivity index is 1.93. The fourth-order valence-electron chi connectivity index (χ4n) is 2.33. The number of hydrogen-bond donors (Lipinski definition) is 1. The summed E-state index contributed by atoms with van der Waals surface area (Å²) in [5.74, 6) is 0. The number of halogens is 3. The van der Waals surface area contributed by atoms with Crippen LogP contribution in [-0.4, -0.2) is 44.3 Å². The van der Waals surface area contributed by atoms with Gasteiger partial charge in [0, 0.05) is 26.2 Å². The van der Waals surface area contributed by atoms with Crippen LogP contribution in [0.25, 0.3) is 0 Å². The standard InChI is InChI=1S/C14H19F3N2O/c1-18-8-13-10-19(6-7-20-13)9-11-2-4-12(5-3-11)14(15,16)17/h2-5,13,18H,6-10H2,1H3. The zero-order valence-electron chi connectivity index (χ0n) is 11.4. The van der Waals surface area contributed by atoms with E-state index in [-0.39, 0.29) is 6.10 Å². The van der Waals surface area contributed by atoms with E-state index in [1.807, 2.05) is 7.05 Å². The molecule has 1 atom stereocenters. The average Bonchev–Trinajstić information content (AvgIpc) is 2.39. The molecule has 1 aromatic carbocycles. The molecular formula is C14H19F3N2O. The first kappa shape index (κ1) is 15.3. The normalized spacial score (nSPS) is 21.1. The minimum atomic E-state index is -4.27. The smallest absolute Gasteiger partial charge is 0.374 e. The van der Waals surface area contributed by atoms with Crippen LogP contribution in [0.4, 0.5) is 13.2 Å². The highest BCUT2D eigenvalue weighted by Crippen LogP contribution is 2.29.